The van der Waals surface area contributed by atoms with Crippen molar-refractivity contribution >= 4 is 5.95 Å². The van der Waals surface area contributed by atoms with E-state index >= 15 is 0 Å². The number of halogens is 1. The van der Waals surface area contributed by atoms with Crippen LogP contribution in [0.25, 0.3) is 11.1 Å². The average Bonchev–Trinajstić information content (AvgIpc) is 3.05. The van der Waals surface area contributed by atoms with Crippen LogP contribution >= 0.6 is 0 Å². The lowest BCUT2D eigenvalue weighted by Crippen LogP contribution is -2.34. The zero-order valence-corrected chi connectivity index (χ0v) is 18.1. The number of hydrogen-bond donors (Lipinski definition) is 0. The Morgan fingerprint density at radius 2 is 1.93 bits per heavy atom. The lowest BCUT2D eigenvalue weighted by Gasteiger charge is -2.36. The van der Waals surface area contributed by atoms with Crippen LogP contribution in [-0.2, 0) is 13.6 Å². The van der Waals surface area contributed by atoms with Gasteiger partial charge in [-0.05, 0) is 44.0 Å². The summed E-state index contributed by atoms with van der Waals surface area (Å²) in [6.07, 6.45) is 7.36. The molecular formula is C23H29FN6. The van der Waals surface area contributed by atoms with Crippen LogP contribution < -0.4 is 4.90 Å². The van der Waals surface area contributed by atoms with Crippen LogP contribution in [0.2, 0.25) is 0 Å². The number of hydrogen-bond acceptors (Lipinski definition) is 5. The molecule has 1 aliphatic rings. The van der Waals surface area contributed by atoms with Gasteiger partial charge >= 0.3 is 0 Å². The van der Waals surface area contributed by atoms with E-state index in [4.69, 9.17) is 4.98 Å². The Labute approximate surface area is 177 Å². The van der Waals surface area contributed by atoms with Gasteiger partial charge in [0.2, 0.25) is 5.95 Å². The van der Waals surface area contributed by atoms with Gasteiger partial charge < -0.3 is 4.90 Å². The molecule has 0 saturated carbocycles. The first-order valence-electron chi connectivity index (χ1n) is 10.5. The topological polar surface area (TPSA) is 50.1 Å². The Kier molecular flexibility index (Phi) is 5.81. The molecule has 1 aliphatic heterocycles. The minimum Gasteiger partial charge on any atom is -0.347 e. The third kappa shape index (κ3) is 4.21. The molecule has 6 nitrogen and oxygen atoms in total. The van der Waals surface area contributed by atoms with Crippen molar-refractivity contribution in [1.82, 2.24) is 24.6 Å². The molecule has 0 aliphatic carbocycles. The van der Waals surface area contributed by atoms with Crippen LogP contribution in [0, 0.1) is 12.7 Å². The first kappa shape index (κ1) is 20.5. The smallest absolute Gasteiger partial charge is 0.225 e. The molecule has 1 atom stereocenters. The molecule has 158 valence electrons. The van der Waals surface area contributed by atoms with Crippen molar-refractivity contribution in [3.63, 3.8) is 0 Å². The molecule has 3 aromatic rings. The van der Waals surface area contributed by atoms with E-state index in [9.17, 15) is 4.39 Å². The number of piperidine rings is 1. The predicted octanol–water partition coefficient (Wildman–Crippen LogP) is 4.12. The van der Waals surface area contributed by atoms with E-state index in [0.717, 1.165) is 48.4 Å². The van der Waals surface area contributed by atoms with Crippen molar-refractivity contribution in [3.05, 3.63) is 59.4 Å². The second-order valence-corrected chi connectivity index (χ2v) is 8.27. The largest absolute Gasteiger partial charge is 0.347 e. The van der Waals surface area contributed by atoms with Gasteiger partial charge in [-0.25, -0.2) is 14.4 Å². The van der Waals surface area contributed by atoms with Gasteiger partial charge in [0.05, 0.1) is 17.4 Å². The van der Waals surface area contributed by atoms with Crippen LogP contribution in [0.3, 0.4) is 0 Å². The first-order chi connectivity index (χ1) is 14.4. The number of rotatable bonds is 5. The summed E-state index contributed by atoms with van der Waals surface area (Å²) in [5, 5.41) is 4.51. The molecule has 2 aromatic heterocycles. The molecule has 0 radical (unpaired) electrons. The highest BCUT2D eigenvalue weighted by Crippen LogP contribution is 2.37. The Morgan fingerprint density at radius 1 is 1.17 bits per heavy atom. The summed E-state index contributed by atoms with van der Waals surface area (Å²) in [6.45, 7) is 3.92. The van der Waals surface area contributed by atoms with Gasteiger partial charge in [-0.2, -0.15) is 5.10 Å². The second-order valence-electron chi connectivity index (χ2n) is 8.27. The van der Waals surface area contributed by atoms with E-state index in [-0.39, 0.29) is 11.9 Å². The van der Waals surface area contributed by atoms with Gasteiger partial charge in [0.25, 0.3) is 0 Å². The molecule has 4 rings (SSSR count). The van der Waals surface area contributed by atoms with Crippen molar-refractivity contribution in [2.45, 2.75) is 38.8 Å². The van der Waals surface area contributed by atoms with E-state index in [0.29, 0.717) is 5.95 Å². The Balaban J connectivity index is 1.75. The predicted molar refractivity (Wildman–Crippen MR) is 117 cm³/mol. The summed E-state index contributed by atoms with van der Waals surface area (Å²) in [5.41, 5.74) is 5.24. The molecular weight excluding hydrogens is 379 g/mol. The fraction of sp³-hybridized carbons (Fsp3) is 0.435. The van der Waals surface area contributed by atoms with Crippen molar-refractivity contribution in [2.75, 3.05) is 25.5 Å². The summed E-state index contributed by atoms with van der Waals surface area (Å²) in [4.78, 5) is 14.0. The monoisotopic (exact) mass is 408 g/mol. The van der Waals surface area contributed by atoms with E-state index in [1.165, 1.54) is 24.1 Å². The highest BCUT2D eigenvalue weighted by Gasteiger charge is 2.29. The number of anilines is 1. The SMILES string of the molecule is Cc1nn(C)cc1CN1CCCC[C@H]1c1nc(N(C)C)ncc1-c1ccc(F)cc1. The maximum Gasteiger partial charge on any atom is 0.225 e. The van der Waals surface area contributed by atoms with Gasteiger partial charge in [-0.1, -0.05) is 18.6 Å². The lowest BCUT2D eigenvalue weighted by molar-refractivity contribution is 0.137. The van der Waals surface area contributed by atoms with Crippen LogP contribution in [0.4, 0.5) is 10.3 Å². The molecule has 0 unspecified atom stereocenters. The molecule has 0 spiro atoms. The zero-order chi connectivity index (χ0) is 21.3. The summed E-state index contributed by atoms with van der Waals surface area (Å²) in [7, 11) is 5.87. The van der Waals surface area contributed by atoms with Crippen molar-refractivity contribution in [2.24, 2.45) is 7.05 Å². The van der Waals surface area contributed by atoms with E-state index in [1.54, 1.807) is 0 Å². The van der Waals surface area contributed by atoms with Gasteiger partial charge in [0.15, 0.2) is 0 Å². The summed E-state index contributed by atoms with van der Waals surface area (Å²) >= 11 is 0. The maximum absolute atomic E-state index is 13.5. The quantitative estimate of drug-likeness (QED) is 0.636. The molecule has 1 aromatic carbocycles. The van der Waals surface area contributed by atoms with Crippen LogP contribution in [0.15, 0.2) is 36.7 Å². The molecule has 7 heteroatoms. The van der Waals surface area contributed by atoms with Crippen molar-refractivity contribution in [3.8, 4) is 11.1 Å². The standard InChI is InChI=1S/C23H29FN6/c1-16-18(14-29(4)27-16)15-30-12-6-5-7-21(30)22-20(13-25-23(26-22)28(2)3)17-8-10-19(24)11-9-17/h8-11,13-14,21H,5-7,12,15H2,1-4H3/t21-/m0/s1. The summed E-state index contributed by atoms with van der Waals surface area (Å²) in [5.74, 6) is 0.455. The van der Waals surface area contributed by atoms with Crippen molar-refractivity contribution < 1.29 is 4.39 Å². The first-order valence-corrected chi connectivity index (χ1v) is 10.5. The fourth-order valence-electron chi connectivity index (χ4n) is 4.22. The third-order valence-electron chi connectivity index (χ3n) is 5.78. The Bertz CT molecular complexity index is 1010. The number of likely N-dealkylation sites (tertiary alicyclic amines) is 1. The van der Waals surface area contributed by atoms with E-state index < -0.39 is 0 Å². The van der Waals surface area contributed by atoms with E-state index in [1.807, 2.05) is 49.1 Å². The molecule has 1 fully saturated rings. The maximum atomic E-state index is 13.5. The molecule has 30 heavy (non-hydrogen) atoms. The lowest BCUT2D eigenvalue weighted by atomic mass is 9.93. The number of benzene rings is 1. The van der Waals surface area contributed by atoms with Crippen LogP contribution in [0.1, 0.15) is 42.3 Å². The Hall–Kier alpha value is -2.80. The highest BCUT2D eigenvalue weighted by molar-refractivity contribution is 5.66. The van der Waals surface area contributed by atoms with Gasteiger partial charge in [-0.3, -0.25) is 9.58 Å². The summed E-state index contributed by atoms with van der Waals surface area (Å²) < 4.78 is 15.4. The third-order valence-corrected chi connectivity index (χ3v) is 5.78. The van der Waals surface area contributed by atoms with Gasteiger partial charge in [-0.15, -0.1) is 0 Å². The van der Waals surface area contributed by atoms with E-state index in [2.05, 4.69) is 28.1 Å². The van der Waals surface area contributed by atoms with Crippen molar-refractivity contribution in [1.29, 1.82) is 0 Å². The highest BCUT2D eigenvalue weighted by atomic mass is 19.1. The minimum absolute atomic E-state index is 0.181. The van der Waals surface area contributed by atoms with Crippen LogP contribution in [-0.4, -0.2) is 45.3 Å². The molecule has 0 bridgehead atoms. The number of aromatic nitrogens is 4. The average molecular weight is 409 g/mol. The molecule has 1 saturated heterocycles. The zero-order valence-electron chi connectivity index (χ0n) is 18.1. The normalized spacial score (nSPS) is 17.3. The van der Waals surface area contributed by atoms with Gasteiger partial charge in [0.1, 0.15) is 5.82 Å². The fourth-order valence-corrected chi connectivity index (χ4v) is 4.22. The molecule has 0 amide bonds. The Morgan fingerprint density at radius 3 is 2.60 bits per heavy atom. The minimum atomic E-state index is -0.238. The molecule has 0 N–H and O–H groups in total. The summed E-state index contributed by atoms with van der Waals surface area (Å²) in [6, 6.07) is 6.80. The number of nitrogens with zero attached hydrogens (tertiary/aromatic N) is 6. The van der Waals surface area contributed by atoms with Crippen LogP contribution in [0.5, 0.6) is 0 Å². The second kappa shape index (κ2) is 8.52. The van der Waals surface area contributed by atoms with Gasteiger partial charge in [0, 0.05) is 51.2 Å². The number of aryl methyl sites for hydroxylation is 2. The molecule has 3 heterocycles.